The summed E-state index contributed by atoms with van der Waals surface area (Å²) in [4.78, 5) is 10.9. The summed E-state index contributed by atoms with van der Waals surface area (Å²) in [5.74, 6) is -1.27. The van der Waals surface area contributed by atoms with Crippen LogP contribution in [0.5, 0.6) is 11.5 Å². The number of benzene rings is 1. The Hall–Kier alpha value is -1.51. The zero-order chi connectivity index (χ0) is 17.1. The predicted molar refractivity (Wildman–Crippen MR) is 81.1 cm³/mol. The van der Waals surface area contributed by atoms with Crippen LogP contribution < -0.4 is 14.2 Å². The van der Waals surface area contributed by atoms with Crippen LogP contribution in [0.4, 0.5) is 0 Å². The van der Waals surface area contributed by atoms with E-state index >= 15 is 0 Å². The fourth-order valence-electron chi connectivity index (χ4n) is 1.74. The molecular formula is C13H18ClNO6S. The van der Waals surface area contributed by atoms with Crippen LogP contribution >= 0.6 is 11.6 Å². The summed E-state index contributed by atoms with van der Waals surface area (Å²) in [7, 11) is -1.40. The molecule has 7 nitrogen and oxygen atoms in total. The normalized spacial score (nSPS) is 13.0. The summed E-state index contributed by atoms with van der Waals surface area (Å²) in [6.45, 7) is 3.19. The van der Waals surface area contributed by atoms with Crippen molar-refractivity contribution in [3.8, 4) is 11.5 Å². The molecule has 0 spiro atoms. The van der Waals surface area contributed by atoms with E-state index in [2.05, 4.69) is 4.72 Å². The van der Waals surface area contributed by atoms with E-state index in [1.165, 1.54) is 26.4 Å². The highest BCUT2D eigenvalue weighted by Gasteiger charge is 2.30. The highest BCUT2D eigenvalue weighted by atomic mass is 35.5. The molecular weight excluding hydrogens is 334 g/mol. The zero-order valence-electron chi connectivity index (χ0n) is 12.6. The van der Waals surface area contributed by atoms with Crippen molar-refractivity contribution in [2.45, 2.75) is 24.8 Å². The number of sulfonamides is 1. The number of hydrogen-bond donors (Lipinski definition) is 2. The highest BCUT2D eigenvalue weighted by molar-refractivity contribution is 7.89. The molecule has 1 aromatic carbocycles. The van der Waals surface area contributed by atoms with Crippen LogP contribution in [0, 0.1) is 5.92 Å². The standard InChI is InChI=1S/C13H18ClNO6S/c1-7(2)12(13(16)17)15-22(18,19)11-6-10(21-4)9(20-3)5-8(11)14/h5-7,12,15H,1-4H3,(H,16,17)/t12-/m0/s1. The van der Waals surface area contributed by atoms with Crippen molar-refractivity contribution in [2.75, 3.05) is 14.2 Å². The Labute approximate surface area is 134 Å². The number of carboxylic acid groups (broad SMARTS) is 1. The molecule has 0 radical (unpaired) electrons. The van der Waals surface area contributed by atoms with Gasteiger partial charge in [-0.1, -0.05) is 25.4 Å². The number of aliphatic carboxylic acids is 1. The molecule has 0 amide bonds. The van der Waals surface area contributed by atoms with Gasteiger partial charge in [0.15, 0.2) is 11.5 Å². The average Bonchev–Trinajstić information content (AvgIpc) is 2.43. The molecule has 0 aromatic heterocycles. The first kappa shape index (κ1) is 18.5. The van der Waals surface area contributed by atoms with Crippen LogP contribution in [0.1, 0.15) is 13.8 Å². The summed E-state index contributed by atoms with van der Waals surface area (Å²) in [6, 6.07) is 1.21. The topological polar surface area (TPSA) is 102 Å². The Morgan fingerprint density at radius 2 is 1.73 bits per heavy atom. The lowest BCUT2D eigenvalue weighted by Crippen LogP contribution is -2.44. The molecule has 9 heteroatoms. The van der Waals surface area contributed by atoms with Crippen LogP contribution in [0.25, 0.3) is 0 Å². The van der Waals surface area contributed by atoms with Crippen LogP contribution in [0.15, 0.2) is 17.0 Å². The molecule has 22 heavy (non-hydrogen) atoms. The summed E-state index contributed by atoms with van der Waals surface area (Å²) < 4.78 is 37.0. The van der Waals surface area contributed by atoms with Crippen molar-refractivity contribution in [3.63, 3.8) is 0 Å². The number of methoxy groups -OCH3 is 2. The van der Waals surface area contributed by atoms with Gasteiger partial charge >= 0.3 is 5.97 Å². The van der Waals surface area contributed by atoms with Gasteiger partial charge in [-0.25, -0.2) is 8.42 Å². The Kier molecular flexibility index (Phi) is 6.04. The first-order valence-corrected chi connectivity index (χ1v) is 8.16. The van der Waals surface area contributed by atoms with E-state index in [4.69, 9.17) is 26.2 Å². The van der Waals surface area contributed by atoms with E-state index in [0.717, 1.165) is 0 Å². The lowest BCUT2D eigenvalue weighted by molar-refractivity contribution is -0.140. The SMILES string of the molecule is COc1cc(Cl)c(S(=O)(=O)N[C@H](C(=O)O)C(C)C)cc1OC. The number of hydrogen-bond acceptors (Lipinski definition) is 5. The molecule has 124 valence electrons. The molecule has 0 aliphatic rings. The first-order chi connectivity index (χ1) is 10.1. The maximum absolute atomic E-state index is 12.4. The third-order valence-electron chi connectivity index (χ3n) is 2.94. The maximum Gasteiger partial charge on any atom is 0.322 e. The van der Waals surface area contributed by atoms with Crippen LogP contribution in [-0.4, -0.2) is 39.8 Å². The molecule has 1 aromatic rings. The number of nitrogens with one attached hydrogen (secondary N) is 1. The van der Waals surface area contributed by atoms with Crippen LogP contribution in [0.2, 0.25) is 5.02 Å². The number of carbonyl (C=O) groups is 1. The van der Waals surface area contributed by atoms with Crippen LogP contribution in [-0.2, 0) is 14.8 Å². The van der Waals surface area contributed by atoms with Gasteiger partial charge in [0, 0.05) is 12.1 Å². The quantitative estimate of drug-likeness (QED) is 0.775. The minimum absolute atomic E-state index is 0.0990. The Balaban J connectivity index is 3.31. The van der Waals surface area contributed by atoms with E-state index in [-0.39, 0.29) is 21.4 Å². The number of halogens is 1. The van der Waals surface area contributed by atoms with E-state index < -0.39 is 28.0 Å². The Morgan fingerprint density at radius 1 is 1.23 bits per heavy atom. The van der Waals surface area contributed by atoms with Crippen molar-refractivity contribution >= 4 is 27.6 Å². The lowest BCUT2D eigenvalue weighted by Gasteiger charge is -2.19. The van der Waals surface area contributed by atoms with Gasteiger partial charge in [-0.05, 0) is 5.92 Å². The summed E-state index contributed by atoms with van der Waals surface area (Å²) in [6.07, 6.45) is 0. The smallest absolute Gasteiger partial charge is 0.322 e. The van der Waals surface area contributed by atoms with Crippen molar-refractivity contribution < 1.29 is 27.8 Å². The van der Waals surface area contributed by atoms with Gasteiger partial charge in [0.25, 0.3) is 0 Å². The second-order valence-corrected chi connectivity index (χ2v) is 6.91. The van der Waals surface area contributed by atoms with Gasteiger partial charge < -0.3 is 14.6 Å². The molecule has 1 atom stereocenters. The molecule has 0 saturated carbocycles. The van der Waals surface area contributed by atoms with E-state index in [0.29, 0.717) is 0 Å². The molecule has 0 fully saturated rings. The van der Waals surface area contributed by atoms with E-state index in [1.54, 1.807) is 13.8 Å². The molecule has 2 N–H and O–H groups in total. The first-order valence-electron chi connectivity index (χ1n) is 6.30. The third-order valence-corrected chi connectivity index (χ3v) is 4.85. The van der Waals surface area contributed by atoms with E-state index in [9.17, 15) is 13.2 Å². The number of ether oxygens (including phenoxy) is 2. The lowest BCUT2D eigenvalue weighted by atomic mass is 10.1. The predicted octanol–water partition coefficient (Wildman–Crippen LogP) is 1.74. The van der Waals surface area contributed by atoms with Crippen LogP contribution in [0.3, 0.4) is 0 Å². The average molecular weight is 352 g/mol. The highest BCUT2D eigenvalue weighted by Crippen LogP contribution is 2.35. The van der Waals surface area contributed by atoms with Gasteiger partial charge in [-0.3, -0.25) is 4.79 Å². The molecule has 0 heterocycles. The molecule has 0 unspecified atom stereocenters. The van der Waals surface area contributed by atoms with Crippen molar-refractivity contribution in [2.24, 2.45) is 5.92 Å². The number of carboxylic acids is 1. The van der Waals surface area contributed by atoms with Crippen molar-refractivity contribution in [1.82, 2.24) is 4.72 Å². The molecule has 0 aliphatic heterocycles. The minimum atomic E-state index is -4.14. The Bertz CT molecular complexity index is 659. The summed E-state index contributed by atoms with van der Waals surface area (Å²) in [5, 5.41) is 9.00. The number of rotatable bonds is 7. The fraction of sp³-hybridized carbons (Fsp3) is 0.462. The zero-order valence-corrected chi connectivity index (χ0v) is 14.2. The summed E-state index contributed by atoms with van der Waals surface area (Å²) in [5.41, 5.74) is 0. The molecule has 1 rings (SSSR count). The largest absolute Gasteiger partial charge is 0.493 e. The van der Waals surface area contributed by atoms with E-state index in [1.807, 2.05) is 0 Å². The third kappa shape index (κ3) is 4.02. The second-order valence-electron chi connectivity index (χ2n) is 4.82. The van der Waals surface area contributed by atoms with Gasteiger partial charge in [-0.2, -0.15) is 4.72 Å². The summed E-state index contributed by atoms with van der Waals surface area (Å²) >= 11 is 5.96. The molecule has 0 saturated heterocycles. The molecule has 0 bridgehead atoms. The second kappa shape index (κ2) is 7.17. The maximum atomic E-state index is 12.4. The monoisotopic (exact) mass is 351 g/mol. The van der Waals surface area contributed by atoms with Gasteiger partial charge in [0.2, 0.25) is 10.0 Å². The van der Waals surface area contributed by atoms with Crippen molar-refractivity contribution in [1.29, 1.82) is 0 Å². The van der Waals surface area contributed by atoms with Gasteiger partial charge in [0.05, 0.1) is 19.2 Å². The minimum Gasteiger partial charge on any atom is -0.493 e. The van der Waals surface area contributed by atoms with Gasteiger partial charge in [0.1, 0.15) is 10.9 Å². The Morgan fingerprint density at radius 3 is 2.14 bits per heavy atom. The van der Waals surface area contributed by atoms with Crippen molar-refractivity contribution in [3.05, 3.63) is 17.2 Å². The molecule has 0 aliphatic carbocycles. The fourth-order valence-corrected chi connectivity index (χ4v) is 3.61. The van der Waals surface area contributed by atoms with Gasteiger partial charge in [-0.15, -0.1) is 0 Å².